The van der Waals surface area contributed by atoms with E-state index < -0.39 is 0 Å². The molecule has 118 valence electrons. The first-order valence-corrected chi connectivity index (χ1v) is 8.38. The van der Waals surface area contributed by atoms with Crippen LogP contribution in [0.5, 0.6) is 0 Å². The molecule has 0 radical (unpaired) electrons. The summed E-state index contributed by atoms with van der Waals surface area (Å²) in [7, 11) is 0. The summed E-state index contributed by atoms with van der Waals surface area (Å²) in [6, 6.07) is 7.42. The molecular formula is C16H12Cl2N2O2S. The smallest absolute Gasteiger partial charge is 0.262 e. The van der Waals surface area contributed by atoms with E-state index in [2.05, 4.69) is 10.3 Å². The zero-order valence-corrected chi connectivity index (χ0v) is 14.6. The molecule has 0 atom stereocenters. The number of nitrogens with one attached hydrogen (secondary N) is 1. The number of nitrogens with zero attached hydrogens (tertiary/aromatic N) is 1. The van der Waals surface area contributed by atoms with E-state index in [-0.39, 0.29) is 5.91 Å². The van der Waals surface area contributed by atoms with Crippen LogP contribution in [-0.4, -0.2) is 10.9 Å². The van der Waals surface area contributed by atoms with Crippen LogP contribution in [-0.2, 0) is 0 Å². The summed E-state index contributed by atoms with van der Waals surface area (Å²) >= 11 is 13.6. The Morgan fingerprint density at radius 3 is 2.61 bits per heavy atom. The average molecular weight is 367 g/mol. The summed E-state index contributed by atoms with van der Waals surface area (Å²) in [6.07, 6.45) is 0. The monoisotopic (exact) mass is 366 g/mol. The summed E-state index contributed by atoms with van der Waals surface area (Å²) in [6.45, 7) is 3.41. The van der Waals surface area contributed by atoms with Gasteiger partial charge in [-0.05, 0) is 19.9 Å². The van der Waals surface area contributed by atoms with Gasteiger partial charge < -0.3 is 4.42 Å². The topological polar surface area (TPSA) is 55.1 Å². The van der Waals surface area contributed by atoms with E-state index in [1.165, 1.54) is 11.3 Å². The Balaban J connectivity index is 1.85. The average Bonchev–Trinajstić information content (AvgIpc) is 3.05. The third kappa shape index (κ3) is 3.13. The quantitative estimate of drug-likeness (QED) is 0.658. The number of carbonyl (C=O) groups excluding carboxylic acids is 1. The van der Waals surface area contributed by atoms with Gasteiger partial charge in [0.2, 0.25) is 0 Å². The minimum atomic E-state index is -0.343. The number of halogens is 2. The van der Waals surface area contributed by atoms with Crippen LogP contribution in [0.3, 0.4) is 0 Å². The van der Waals surface area contributed by atoms with Crippen molar-refractivity contribution in [3.05, 3.63) is 56.8 Å². The lowest BCUT2D eigenvalue weighted by atomic mass is 10.2. The number of aryl methyl sites for hydroxylation is 2. The van der Waals surface area contributed by atoms with Crippen molar-refractivity contribution in [3.8, 4) is 11.3 Å². The van der Waals surface area contributed by atoms with Crippen molar-refractivity contribution < 1.29 is 9.21 Å². The van der Waals surface area contributed by atoms with E-state index in [1.54, 1.807) is 19.9 Å². The van der Waals surface area contributed by atoms with Gasteiger partial charge in [-0.15, -0.1) is 11.3 Å². The Labute approximate surface area is 147 Å². The lowest BCUT2D eigenvalue weighted by Crippen LogP contribution is -2.12. The maximum atomic E-state index is 12.4. The van der Waals surface area contributed by atoms with Crippen LogP contribution in [0.2, 0.25) is 10.0 Å². The molecule has 0 fully saturated rings. The van der Waals surface area contributed by atoms with E-state index in [4.69, 9.17) is 27.6 Å². The first-order chi connectivity index (χ1) is 11.0. The molecule has 0 aliphatic carbocycles. The SMILES string of the molecule is Cc1oc(C)c(C(=O)Nc2nc(-c3ccccc3Cl)cs2)c1Cl. The van der Waals surface area contributed by atoms with Crippen LogP contribution in [0.25, 0.3) is 11.3 Å². The van der Waals surface area contributed by atoms with Gasteiger partial charge in [-0.1, -0.05) is 41.4 Å². The van der Waals surface area contributed by atoms with Gasteiger partial charge >= 0.3 is 0 Å². The molecule has 2 heterocycles. The number of hydrogen-bond donors (Lipinski definition) is 1. The van der Waals surface area contributed by atoms with Gasteiger partial charge in [0.15, 0.2) is 5.13 Å². The zero-order chi connectivity index (χ0) is 16.6. The maximum Gasteiger partial charge on any atom is 0.262 e. The summed E-state index contributed by atoms with van der Waals surface area (Å²) in [5.74, 6) is 0.655. The first kappa shape index (κ1) is 16.1. The largest absolute Gasteiger partial charge is 0.464 e. The molecule has 0 spiro atoms. The van der Waals surface area contributed by atoms with Gasteiger partial charge in [0.25, 0.3) is 5.91 Å². The molecule has 2 aromatic heterocycles. The van der Waals surface area contributed by atoms with Crippen molar-refractivity contribution in [2.45, 2.75) is 13.8 Å². The van der Waals surface area contributed by atoms with E-state index >= 15 is 0 Å². The number of rotatable bonds is 3. The summed E-state index contributed by atoms with van der Waals surface area (Å²) in [5.41, 5.74) is 1.86. The number of thiazole rings is 1. The summed E-state index contributed by atoms with van der Waals surface area (Å²) in [5, 5.41) is 5.99. The van der Waals surface area contributed by atoms with Gasteiger partial charge in [0.05, 0.1) is 16.3 Å². The molecule has 0 saturated heterocycles. The Bertz CT molecular complexity index is 886. The Kier molecular flexibility index (Phi) is 4.43. The maximum absolute atomic E-state index is 12.4. The van der Waals surface area contributed by atoms with Gasteiger partial charge in [0.1, 0.15) is 11.5 Å². The van der Waals surface area contributed by atoms with Crippen molar-refractivity contribution in [1.82, 2.24) is 4.98 Å². The van der Waals surface area contributed by atoms with E-state index in [0.717, 1.165) is 5.56 Å². The molecule has 0 unspecified atom stereocenters. The minimum absolute atomic E-state index is 0.322. The van der Waals surface area contributed by atoms with Crippen molar-refractivity contribution in [3.63, 3.8) is 0 Å². The molecule has 4 nitrogen and oxygen atoms in total. The predicted molar refractivity (Wildman–Crippen MR) is 93.7 cm³/mol. The number of anilines is 1. The third-order valence-corrected chi connectivity index (χ3v) is 4.83. The highest BCUT2D eigenvalue weighted by Gasteiger charge is 2.21. The van der Waals surface area contributed by atoms with Gasteiger partial charge in [-0.2, -0.15) is 0 Å². The van der Waals surface area contributed by atoms with Crippen LogP contribution in [0.1, 0.15) is 21.9 Å². The molecule has 3 aromatic rings. The van der Waals surface area contributed by atoms with Crippen molar-refractivity contribution in [2.75, 3.05) is 5.32 Å². The summed E-state index contributed by atoms with van der Waals surface area (Å²) < 4.78 is 5.37. The fourth-order valence-corrected chi connectivity index (χ4v) is 3.39. The highest BCUT2D eigenvalue weighted by molar-refractivity contribution is 7.14. The molecule has 3 rings (SSSR count). The molecule has 1 N–H and O–H groups in total. The normalized spacial score (nSPS) is 10.8. The second kappa shape index (κ2) is 6.35. The first-order valence-electron chi connectivity index (χ1n) is 6.74. The molecule has 7 heteroatoms. The van der Waals surface area contributed by atoms with E-state index in [1.807, 2.05) is 23.6 Å². The van der Waals surface area contributed by atoms with Crippen LogP contribution in [0.4, 0.5) is 5.13 Å². The molecule has 0 bridgehead atoms. The summed E-state index contributed by atoms with van der Waals surface area (Å²) in [4.78, 5) is 16.8. The number of carbonyl (C=O) groups is 1. The highest BCUT2D eigenvalue weighted by Crippen LogP contribution is 2.31. The molecule has 1 aromatic carbocycles. The fraction of sp³-hybridized carbons (Fsp3) is 0.125. The molecule has 0 aliphatic rings. The van der Waals surface area contributed by atoms with E-state index in [9.17, 15) is 4.79 Å². The van der Waals surface area contributed by atoms with Gasteiger partial charge in [-0.3, -0.25) is 10.1 Å². The number of benzene rings is 1. The van der Waals surface area contributed by atoms with Crippen LogP contribution in [0, 0.1) is 13.8 Å². The lowest BCUT2D eigenvalue weighted by molar-refractivity contribution is 0.102. The molecule has 0 saturated carbocycles. The molecule has 1 amide bonds. The number of hydrogen-bond acceptors (Lipinski definition) is 4. The number of aromatic nitrogens is 1. The minimum Gasteiger partial charge on any atom is -0.464 e. The van der Waals surface area contributed by atoms with Crippen molar-refractivity contribution in [1.29, 1.82) is 0 Å². The second-order valence-electron chi connectivity index (χ2n) is 4.88. The molecule has 23 heavy (non-hydrogen) atoms. The Morgan fingerprint density at radius 2 is 1.96 bits per heavy atom. The van der Waals surface area contributed by atoms with Gasteiger partial charge in [-0.25, -0.2) is 4.98 Å². The number of furan rings is 1. The van der Waals surface area contributed by atoms with Gasteiger partial charge in [0, 0.05) is 16.0 Å². The van der Waals surface area contributed by atoms with Crippen molar-refractivity contribution in [2.24, 2.45) is 0 Å². The van der Waals surface area contributed by atoms with E-state index in [0.29, 0.717) is 38.0 Å². The molecular weight excluding hydrogens is 355 g/mol. The standard InChI is InChI=1S/C16H12Cl2N2O2S/c1-8-13(14(18)9(2)22-8)15(21)20-16-19-12(7-23-16)10-5-3-4-6-11(10)17/h3-7H,1-2H3,(H,19,20,21). The Morgan fingerprint density at radius 1 is 1.22 bits per heavy atom. The van der Waals surface area contributed by atoms with Crippen molar-refractivity contribution >= 4 is 45.6 Å². The fourth-order valence-electron chi connectivity index (χ4n) is 2.20. The lowest BCUT2D eigenvalue weighted by Gasteiger charge is -2.01. The second-order valence-corrected chi connectivity index (χ2v) is 6.52. The predicted octanol–water partition coefficient (Wildman–Crippen LogP) is 5.58. The zero-order valence-electron chi connectivity index (χ0n) is 12.3. The number of amides is 1. The van der Waals surface area contributed by atoms with Crippen LogP contribution < -0.4 is 5.32 Å². The highest BCUT2D eigenvalue weighted by atomic mass is 35.5. The third-order valence-electron chi connectivity index (χ3n) is 3.29. The Hall–Kier alpha value is -1.82. The van der Waals surface area contributed by atoms with Crippen LogP contribution >= 0.6 is 34.5 Å². The molecule has 0 aliphatic heterocycles. The van der Waals surface area contributed by atoms with Crippen LogP contribution in [0.15, 0.2) is 34.1 Å².